The van der Waals surface area contributed by atoms with Crippen molar-refractivity contribution < 1.29 is 14.6 Å². The highest BCUT2D eigenvalue weighted by Gasteiger charge is 2.01. The zero-order valence-electron chi connectivity index (χ0n) is 7.31. The van der Waals surface area contributed by atoms with Crippen molar-refractivity contribution in [2.45, 2.75) is 0 Å². The first-order chi connectivity index (χ1) is 6.72. The Kier molecular flexibility index (Phi) is 4.19. The molecule has 74 valence electrons. The summed E-state index contributed by atoms with van der Waals surface area (Å²) in [5, 5.41) is 8.89. The lowest BCUT2D eigenvalue weighted by Crippen LogP contribution is -2.00. The lowest BCUT2D eigenvalue weighted by Gasteiger charge is -2.05. The SMILES string of the molecule is O=C(O)/C=C(\CBr)Oc1ccccc1. The van der Waals surface area contributed by atoms with Crippen LogP contribution in [0.4, 0.5) is 0 Å². The number of ether oxygens (including phenoxy) is 1. The van der Waals surface area contributed by atoms with Gasteiger partial charge in [-0.25, -0.2) is 4.79 Å². The zero-order valence-corrected chi connectivity index (χ0v) is 8.90. The van der Waals surface area contributed by atoms with Crippen LogP contribution in [0, 0.1) is 0 Å². The highest BCUT2D eigenvalue weighted by molar-refractivity contribution is 9.09. The van der Waals surface area contributed by atoms with Crippen LogP contribution in [0.2, 0.25) is 0 Å². The summed E-state index contributed by atoms with van der Waals surface area (Å²) in [6.07, 6.45) is 1.03. The predicted molar refractivity (Wildman–Crippen MR) is 56.6 cm³/mol. The Morgan fingerprint density at radius 2 is 2.07 bits per heavy atom. The van der Waals surface area contributed by atoms with Gasteiger partial charge in [-0.2, -0.15) is 0 Å². The van der Waals surface area contributed by atoms with E-state index in [0.717, 1.165) is 6.08 Å². The second-order valence-corrected chi connectivity index (χ2v) is 3.06. The Bertz CT molecular complexity index is 332. The van der Waals surface area contributed by atoms with Crippen molar-refractivity contribution in [2.75, 3.05) is 5.33 Å². The quantitative estimate of drug-likeness (QED) is 0.512. The summed E-state index contributed by atoms with van der Waals surface area (Å²) in [7, 11) is 0. The number of carbonyl (C=O) groups is 1. The molecule has 3 nitrogen and oxygen atoms in total. The van der Waals surface area contributed by atoms with Gasteiger partial charge in [0.1, 0.15) is 11.5 Å². The van der Waals surface area contributed by atoms with Crippen LogP contribution in [0.5, 0.6) is 5.75 Å². The first-order valence-corrected chi connectivity index (χ1v) is 5.07. The highest BCUT2D eigenvalue weighted by Crippen LogP contribution is 2.13. The predicted octanol–water partition coefficient (Wildman–Crippen LogP) is 2.43. The largest absolute Gasteiger partial charge is 0.478 e. The molecule has 0 heterocycles. The van der Waals surface area contributed by atoms with Crippen LogP contribution in [0.1, 0.15) is 0 Å². The molecule has 14 heavy (non-hydrogen) atoms. The van der Waals surface area contributed by atoms with E-state index in [-0.39, 0.29) is 0 Å². The van der Waals surface area contributed by atoms with Crippen LogP contribution >= 0.6 is 15.9 Å². The van der Waals surface area contributed by atoms with Crippen molar-refractivity contribution in [3.8, 4) is 5.75 Å². The molecule has 0 saturated heterocycles. The van der Waals surface area contributed by atoms with Crippen molar-refractivity contribution in [2.24, 2.45) is 0 Å². The summed E-state index contributed by atoms with van der Waals surface area (Å²) in [6.45, 7) is 0. The minimum atomic E-state index is -1.02. The lowest BCUT2D eigenvalue weighted by molar-refractivity contribution is -0.131. The number of carboxylic acid groups (broad SMARTS) is 1. The van der Waals surface area contributed by atoms with E-state index in [0.29, 0.717) is 16.8 Å². The lowest BCUT2D eigenvalue weighted by atomic mass is 10.3. The van der Waals surface area contributed by atoms with E-state index < -0.39 is 5.97 Å². The molecular weight excluding hydrogens is 248 g/mol. The monoisotopic (exact) mass is 256 g/mol. The number of rotatable bonds is 4. The van der Waals surface area contributed by atoms with Gasteiger partial charge in [0.05, 0.1) is 11.4 Å². The fraction of sp³-hybridized carbons (Fsp3) is 0.100. The Morgan fingerprint density at radius 3 is 2.57 bits per heavy atom. The Labute approximate surface area is 90.1 Å². The highest BCUT2D eigenvalue weighted by atomic mass is 79.9. The number of aliphatic carboxylic acids is 1. The van der Waals surface area contributed by atoms with Crippen molar-refractivity contribution in [3.63, 3.8) is 0 Å². The topological polar surface area (TPSA) is 46.5 Å². The average molecular weight is 257 g/mol. The molecule has 0 aliphatic carbocycles. The molecule has 0 aliphatic heterocycles. The molecule has 0 radical (unpaired) electrons. The summed E-state index contributed by atoms with van der Waals surface area (Å²) < 4.78 is 5.31. The third kappa shape index (κ3) is 3.62. The molecule has 0 aromatic heterocycles. The van der Waals surface area contributed by atoms with Gasteiger partial charge in [-0.1, -0.05) is 34.1 Å². The molecule has 0 bridgehead atoms. The third-order valence-corrected chi connectivity index (χ3v) is 1.96. The number of para-hydroxylation sites is 1. The van der Waals surface area contributed by atoms with Gasteiger partial charge in [0.15, 0.2) is 0 Å². The second kappa shape index (κ2) is 5.44. The van der Waals surface area contributed by atoms with Gasteiger partial charge in [0.2, 0.25) is 0 Å². The molecule has 0 amide bonds. The van der Waals surface area contributed by atoms with Gasteiger partial charge < -0.3 is 9.84 Å². The van der Waals surface area contributed by atoms with E-state index >= 15 is 0 Å². The summed E-state index contributed by atoms with van der Waals surface area (Å²) in [4.78, 5) is 10.4. The minimum absolute atomic E-state index is 0.365. The number of carboxylic acids is 1. The van der Waals surface area contributed by atoms with E-state index in [4.69, 9.17) is 9.84 Å². The van der Waals surface area contributed by atoms with Crippen molar-refractivity contribution in [1.29, 1.82) is 0 Å². The summed E-state index contributed by atoms with van der Waals surface area (Å²) in [5.74, 6) is -0.0291. The van der Waals surface area contributed by atoms with Gasteiger partial charge >= 0.3 is 5.97 Å². The molecular formula is C10H9BrO3. The second-order valence-electron chi connectivity index (χ2n) is 2.50. The Balaban J connectivity index is 2.71. The number of allylic oxidation sites excluding steroid dienone is 1. The number of benzene rings is 1. The molecule has 4 heteroatoms. The number of hydrogen-bond acceptors (Lipinski definition) is 2. The number of halogens is 1. The summed E-state index contributed by atoms with van der Waals surface area (Å²) in [5.41, 5.74) is 0. The normalized spacial score (nSPS) is 11.1. The van der Waals surface area contributed by atoms with Crippen LogP contribution < -0.4 is 4.74 Å². The molecule has 0 fully saturated rings. The van der Waals surface area contributed by atoms with Gasteiger partial charge in [-0.15, -0.1) is 0 Å². The molecule has 0 atom stereocenters. The van der Waals surface area contributed by atoms with Crippen LogP contribution in [-0.2, 0) is 4.79 Å². The van der Waals surface area contributed by atoms with E-state index in [1.165, 1.54) is 0 Å². The Morgan fingerprint density at radius 1 is 1.43 bits per heavy atom. The number of hydrogen-bond donors (Lipinski definition) is 1. The molecule has 0 saturated carbocycles. The molecule has 1 aromatic carbocycles. The van der Waals surface area contributed by atoms with E-state index in [1.807, 2.05) is 18.2 Å². The standard InChI is InChI=1S/C10H9BrO3/c11-7-9(6-10(12)13)14-8-4-2-1-3-5-8/h1-6H,7H2,(H,12,13)/b9-6+. The summed E-state index contributed by atoms with van der Waals surface area (Å²) >= 11 is 3.15. The van der Waals surface area contributed by atoms with Crippen LogP contribution in [0.15, 0.2) is 42.2 Å². The first kappa shape index (κ1) is 10.8. The molecule has 1 N–H and O–H groups in total. The average Bonchev–Trinajstić information content (AvgIpc) is 2.17. The Hall–Kier alpha value is -1.29. The zero-order chi connectivity index (χ0) is 10.4. The van der Waals surface area contributed by atoms with Crippen LogP contribution in [-0.4, -0.2) is 16.4 Å². The van der Waals surface area contributed by atoms with E-state index in [9.17, 15) is 4.79 Å². The molecule has 0 spiro atoms. The maximum absolute atomic E-state index is 10.4. The smallest absolute Gasteiger partial charge is 0.331 e. The van der Waals surface area contributed by atoms with E-state index in [1.54, 1.807) is 12.1 Å². The van der Waals surface area contributed by atoms with E-state index in [2.05, 4.69) is 15.9 Å². The fourth-order valence-electron chi connectivity index (χ4n) is 0.873. The van der Waals surface area contributed by atoms with Gasteiger partial charge in [0.25, 0.3) is 0 Å². The molecule has 1 aromatic rings. The first-order valence-electron chi connectivity index (χ1n) is 3.94. The van der Waals surface area contributed by atoms with Gasteiger partial charge in [0, 0.05) is 0 Å². The van der Waals surface area contributed by atoms with Crippen molar-refractivity contribution >= 4 is 21.9 Å². The number of alkyl halides is 1. The van der Waals surface area contributed by atoms with Crippen molar-refractivity contribution in [1.82, 2.24) is 0 Å². The molecule has 0 aliphatic rings. The summed E-state index contributed by atoms with van der Waals surface area (Å²) in [6, 6.07) is 9.03. The third-order valence-electron chi connectivity index (χ3n) is 1.41. The maximum Gasteiger partial charge on any atom is 0.331 e. The van der Waals surface area contributed by atoms with Gasteiger partial charge in [-0.05, 0) is 12.1 Å². The minimum Gasteiger partial charge on any atom is -0.478 e. The molecule has 0 unspecified atom stereocenters. The van der Waals surface area contributed by atoms with Crippen LogP contribution in [0.3, 0.4) is 0 Å². The fourth-order valence-corrected chi connectivity index (χ4v) is 1.15. The van der Waals surface area contributed by atoms with Crippen molar-refractivity contribution in [3.05, 3.63) is 42.2 Å². The maximum atomic E-state index is 10.4. The van der Waals surface area contributed by atoms with Crippen LogP contribution in [0.25, 0.3) is 0 Å². The van der Waals surface area contributed by atoms with Gasteiger partial charge in [-0.3, -0.25) is 0 Å². The molecule has 1 rings (SSSR count).